The number of rotatable bonds is 1. The second-order valence-corrected chi connectivity index (χ2v) is 4.44. The Morgan fingerprint density at radius 1 is 1.31 bits per heavy atom. The second-order valence-electron chi connectivity index (χ2n) is 4.44. The molecule has 1 rings (SSSR count). The quantitative estimate of drug-likeness (QED) is 0.686. The summed E-state index contributed by atoms with van der Waals surface area (Å²) < 4.78 is 17.3. The van der Waals surface area contributed by atoms with Crippen molar-refractivity contribution >= 4 is 6.29 Å². The molecule has 3 heteroatoms. The maximum absolute atomic E-state index is 12.4. The van der Waals surface area contributed by atoms with Crippen LogP contribution in [0.3, 0.4) is 0 Å². The Hall–Kier alpha value is -1.22. The van der Waals surface area contributed by atoms with E-state index in [1.807, 2.05) is 20.8 Å². The van der Waals surface area contributed by atoms with Crippen LogP contribution in [0, 0.1) is 12.7 Å². The molecule has 0 aliphatic heterocycles. The first-order valence-corrected chi connectivity index (χ1v) is 5.06. The van der Waals surface area contributed by atoms with Gasteiger partial charge >= 0.3 is 0 Å². The smallest absolute Gasteiger partial charge is 0.150 e. The van der Waals surface area contributed by atoms with E-state index in [4.69, 9.17) is 4.74 Å². The fraction of sp³-hybridized carbons (Fsp3) is 0.462. The zero-order valence-corrected chi connectivity index (χ0v) is 10.5. The number of halogens is 1. The van der Waals surface area contributed by atoms with Crippen LogP contribution in [0.15, 0.2) is 18.2 Å². The van der Waals surface area contributed by atoms with E-state index in [1.165, 1.54) is 18.2 Å². The molecule has 0 aliphatic carbocycles. The van der Waals surface area contributed by atoms with E-state index < -0.39 is 0 Å². The first kappa shape index (κ1) is 14.8. The van der Waals surface area contributed by atoms with Crippen LogP contribution in [0.1, 0.15) is 36.7 Å². The molecular weight excluding hydrogens is 207 g/mol. The molecule has 0 aliphatic rings. The van der Waals surface area contributed by atoms with Crippen molar-refractivity contribution in [3.8, 4) is 0 Å². The van der Waals surface area contributed by atoms with Gasteiger partial charge in [-0.25, -0.2) is 4.39 Å². The molecular formula is C13H19FO2. The predicted octanol–water partition coefficient (Wildman–Crippen LogP) is 3.38. The molecule has 0 atom stereocenters. The Labute approximate surface area is 96.4 Å². The molecule has 1 aromatic carbocycles. The van der Waals surface area contributed by atoms with Crippen LogP contribution in [0.2, 0.25) is 0 Å². The highest BCUT2D eigenvalue weighted by Crippen LogP contribution is 2.06. The number of aryl methyl sites for hydroxylation is 1. The average Bonchev–Trinajstić information content (AvgIpc) is 2.18. The van der Waals surface area contributed by atoms with Gasteiger partial charge in [0.25, 0.3) is 0 Å². The van der Waals surface area contributed by atoms with Crippen LogP contribution in [0.25, 0.3) is 0 Å². The van der Waals surface area contributed by atoms with Gasteiger partial charge in [-0.05, 0) is 51.5 Å². The molecule has 0 spiro atoms. The minimum Gasteiger partial charge on any atom is -0.379 e. The maximum atomic E-state index is 12.4. The number of methoxy groups -OCH3 is 1. The van der Waals surface area contributed by atoms with Crippen LogP contribution in [0.5, 0.6) is 0 Å². The molecule has 1 aromatic rings. The van der Waals surface area contributed by atoms with Gasteiger partial charge in [0.1, 0.15) is 12.1 Å². The number of aldehydes is 1. The molecule has 0 saturated carbocycles. The van der Waals surface area contributed by atoms with Crippen LogP contribution in [0.4, 0.5) is 4.39 Å². The van der Waals surface area contributed by atoms with Gasteiger partial charge in [0.05, 0.1) is 5.60 Å². The molecule has 0 fully saturated rings. The molecule has 0 N–H and O–H groups in total. The minimum atomic E-state index is -0.303. The number of hydrogen-bond donors (Lipinski definition) is 0. The lowest BCUT2D eigenvalue weighted by atomic mass is 10.1. The van der Waals surface area contributed by atoms with Gasteiger partial charge in [-0.3, -0.25) is 4.79 Å². The number of carbonyl (C=O) groups is 1. The summed E-state index contributed by atoms with van der Waals surface area (Å²) in [6, 6.07) is 4.08. The van der Waals surface area contributed by atoms with Crippen LogP contribution in [-0.4, -0.2) is 19.0 Å². The number of carbonyl (C=O) groups excluding carboxylic acids is 1. The van der Waals surface area contributed by atoms with Gasteiger partial charge in [-0.1, -0.05) is 0 Å². The fourth-order valence-corrected chi connectivity index (χ4v) is 0.771. The van der Waals surface area contributed by atoms with Crippen molar-refractivity contribution in [2.75, 3.05) is 7.11 Å². The van der Waals surface area contributed by atoms with E-state index in [9.17, 15) is 9.18 Å². The monoisotopic (exact) mass is 226 g/mol. The predicted molar refractivity (Wildman–Crippen MR) is 63.3 cm³/mol. The van der Waals surface area contributed by atoms with Crippen molar-refractivity contribution in [2.45, 2.75) is 33.3 Å². The lowest BCUT2D eigenvalue weighted by Crippen LogP contribution is -2.15. The normalized spacial score (nSPS) is 10.4. The summed E-state index contributed by atoms with van der Waals surface area (Å²) in [6.07, 6.45) is 0.717. The van der Waals surface area contributed by atoms with Crippen LogP contribution >= 0.6 is 0 Å². The Kier molecular flexibility index (Phi) is 5.89. The van der Waals surface area contributed by atoms with Gasteiger partial charge in [-0.15, -0.1) is 0 Å². The van der Waals surface area contributed by atoms with Gasteiger partial charge in [0, 0.05) is 12.7 Å². The van der Waals surface area contributed by atoms with E-state index in [0.29, 0.717) is 11.1 Å². The molecule has 0 amide bonds. The highest BCUT2D eigenvalue weighted by molar-refractivity contribution is 5.76. The summed E-state index contributed by atoms with van der Waals surface area (Å²) in [6.45, 7) is 7.76. The van der Waals surface area contributed by atoms with Crippen LogP contribution < -0.4 is 0 Å². The lowest BCUT2D eigenvalue weighted by Gasteiger charge is -2.14. The average molecular weight is 226 g/mol. The van der Waals surface area contributed by atoms with Gasteiger partial charge in [0.15, 0.2) is 0 Å². The summed E-state index contributed by atoms with van der Waals surface area (Å²) in [4.78, 5) is 10.2. The van der Waals surface area contributed by atoms with Gasteiger partial charge < -0.3 is 4.74 Å². The zero-order chi connectivity index (χ0) is 12.8. The third-order valence-corrected chi connectivity index (χ3v) is 1.97. The Morgan fingerprint density at radius 2 is 1.81 bits per heavy atom. The second kappa shape index (κ2) is 6.38. The third-order valence-electron chi connectivity index (χ3n) is 1.97. The molecule has 0 aromatic heterocycles. The summed E-state index contributed by atoms with van der Waals surface area (Å²) in [7, 11) is 1.71. The fourth-order valence-electron chi connectivity index (χ4n) is 0.771. The van der Waals surface area contributed by atoms with E-state index in [1.54, 1.807) is 14.0 Å². The number of benzene rings is 1. The summed E-state index contributed by atoms with van der Waals surface area (Å²) in [5.74, 6) is -0.303. The highest BCUT2D eigenvalue weighted by atomic mass is 19.1. The third kappa shape index (κ3) is 6.30. The van der Waals surface area contributed by atoms with Crippen molar-refractivity contribution in [1.29, 1.82) is 0 Å². The molecule has 90 valence electrons. The standard InChI is InChI=1S/C8H7FO.C5H12O/c1-6-4-8(9)3-2-7(6)5-10;1-5(2,3)6-4/h2-5H,1H3;1-4H3. The summed E-state index contributed by atoms with van der Waals surface area (Å²) in [5.41, 5.74) is 1.26. The van der Waals surface area contributed by atoms with E-state index >= 15 is 0 Å². The topological polar surface area (TPSA) is 26.3 Å². The molecule has 0 heterocycles. The molecule has 0 saturated heterocycles. The van der Waals surface area contributed by atoms with Crippen molar-refractivity contribution in [3.63, 3.8) is 0 Å². The first-order valence-electron chi connectivity index (χ1n) is 5.06. The summed E-state index contributed by atoms with van der Waals surface area (Å²) in [5, 5.41) is 0. The zero-order valence-electron chi connectivity index (χ0n) is 10.5. The Balaban J connectivity index is 0.000000325. The SMILES string of the molecule is COC(C)(C)C.Cc1cc(F)ccc1C=O. The van der Waals surface area contributed by atoms with E-state index in [2.05, 4.69) is 0 Å². The number of hydrogen-bond acceptors (Lipinski definition) is 2. The van der Waals surface area contributed by atoms with Crippen molar-refractivity contribution in [2.24, 2.45) is 0 Å². The molecule has 2 nitrogen and oxygen atoms in total. The first-order chi connectivity index (χ1) is 7.30. The van der Waals surface area contributed by atoms with Gasteiger partial charge in [0.2, 0.25) is 0 Å². The Morgan fingerprint density at radius 3 is 2.12 bits per heavy atom. The molecule has 0 radical (unpaired) electrons. The highest BCUT2D eigenvalue weighted by Gasteiger charge is 2.04. The molecule has 16 heavy (non-hydrogen) atoms. The minimum absolute atomic E-state index is 0.0417. The Bertz CT molecular complexity index is 340. The lowest BCUT2D eigenvalue weighted by molar-refractivity contribution is 0.0397. The molecule has 0 bridgehead atoms. The van der Waals surface area contributed by atoms with E-state index in [0.717, 1.165) is 6.29 Å². The van der Waals surface area contributed by atoms with Gasteiger partial charge in [-0.2, -0.15) is 0 Å². The van der Waals surface area contributed by atoms with Crippen molar-refractivity contribution in [3.05, 3.63) is 35.1 Å². The maximum Gasteiger partial charge on any atom is 0.150 e. The van der Waals surface area contributed by atoms with Crippen molar-refractivity contribution < 1.29 is 13.9 Å². The molecule has 0 unspecified atom stereocenters. The largest absolute Gasteiger partial charge is 0.379 e. The number of ether oxygens (including phenoxy) is 1. The van der Waals surface area contributed by atoms with E-state index in [-0.39, 0.29) is 11.4 Å². The van der Waals surface area contributed by atoms with Crippen molar-refractivity contribution in [1.82, 2.24) is 0 Å². The van der Waals surface area contributed by atoms with Crippen LogP contribution in [-0.2, 0) is 4.74 Å². The summed E-state index contributed by atoms with van der Waals surface area (Å²) >= 11 is 0.